The molecule has 0 saturated carbocycles. The lowest BCUT2D eigenvalue weighted by molar-refractivity contribution is -0.128. The normalized spacial score (nSPS) is 16.5. The molecule has 1 heterocycles. The molecule has 1 fully saturated rings. The molecule has 1 aliphatic heterocycles. The van der Waals surface area contributed by atoms with Crippen molar-refractivity contribution in [2.45, 2.75) is 58.1 Å². The molecule has 1 amide bonds. The van der Waals surface area contributed by atoms with Crippen molar-refractivity contribution in [3.05, 3.63) is 107 Å². The van der Waals surface area contributed by atoms with Crippen molar-refractivity contribution in [3.63, 3.8) is 0 Å². The predicted octanol–water partition coefficient (Wildman–Crippen LogP) is 6.14. The number of aromatic carboxylic acids is 1. The van der Waals surface area contributed by atoms with Crippen LogP contribution < -0.4 is 0 Å². The Kier molecular flexibility index (Phi) is 8.57. The van der Waals surface area contributed by atoms with Gasteiger partial charge in [0.05, 0.1) is 17.7 Å². The molecule has 2 N–H and O–H groups in total. The number of carboxylic acid groups (broad SMARTS) is 1. The molecule has 192 valence electrons. The van der Waals surface area contributed by atoms with Crippen LogP contribution in [0.2, 0.25) is 0 Å². The Balaban J connectivity index is 1.39. The smallest absolute Gasteiger partial charge is 0.335 e. The highest BCUT2D eigenvalue weighted by atomic mass is 16.4. The van der Waals surface area contributed by atoms with Gasteiger partial charge in [0.2, 0.25) is 5.91 Å². The van der Waals surface area contributed by atoms with E-state index in [0.717, 1.165) is 42.4 Å². The van der Waals surface area contributed by atoms with Gasteiger partial charge in [-0.15, -0.1) is 0 Å². The molecular formula is C32H35NO4. The Morgan fingerprint density at radius 1 is 1.11 bits per heavy atom. The number of aliphatic hydroxyl groups excluding tert-OH is 1. The van der Waals surface area contributed by atoms with Gasteiger partial charge in [-0.2, -0.15) is 0 Å². The summed E-state index contributed by atoms with van der Waals surface area (Å²) in [5.74, 6) is -0.794. The van der Waals surface area contributed by atoms with E-state index in [4.69, 9.17) is 5.11 Å². The molecule has 5 heteroatoms. The Labute approximate surface area is 219 Å². The van der Waals surface area contributed by atoms with Crippen molar-refractivity contribution in [2.75, 3.05) is 6.54 Å². The third kappa shape index (κ3) is 6.55. The standard InChI is InChI=1S/C32H35NO4/c1-3-24-20-22(2)9-16-29(24)26-7-4-8-27(21-26)30(34)17-14-28-15-18-31(35)33(28)19-5-6-23-10-12-25(13-11-23)32(36)37/h4,7-14,16-17,20-21,28,30,34H,3,5-6,15,18-19H2,1-2H3,(H,36,37)/b17-14+. The lowest BCUT2D eigenvalue weighted by atomic mass is 9.94. The second-order valence-corrected chi connectivity index (χ2v) is 9.77. The minimum absolute atomic E-state index is 0.0245. The Morgan fingerprint density at radius 3 is 2.62 bits per heavy atom. The Morgan fingerprint density at radius 2 is 1.89 bits per heavy atom. The van der Waals surface area contributed by atoms with Gasteiger partial charge in [0, 0.05) is 13.0 Å². The average Bonchev–Trinajstić information content (AvgIpc) is 3.26. The van der Waals surface area contributed by atoms with E-state index in [1.165, 1.54) is 16.7 Å². The van der Waals surface area contributed by atoms with E-state index in [1.807, 2.05) is 41.3 Å². The molecule has 3 aromatic rings. The number of hydrogen-bond acceptors (Lipinski definition) is 3. The van der Waals surface area contributed by atoms with E-state index in [1.54, 1.807) is 18.2 Å². The number of rotatable bonds is 10. The molecule has 4 rings (SSSR count). The number of aliphatic hydroxyl groups is 1. The number of hydrogen-bond donors (Lipinski definition) is 2. The lowest BCUT2D eigenvalue weighted by Gasteiger charge is -2.23. The van der Waals surface area contributed by atoms with Crippen molar-refractivity contribution in [1.82, 2.24) is 4.90 Å². The summed E-state index contributed by atoms with van der Waals surface area (Å²) in [6, 6.07) is 21.4. The second-order valence-electron chi connectivity index (χ2n) is 9.77. The van der Waals surface area contributed by atoms with E-state index < -0.39 is 12.1 Å². The SMILES string of the molecule is CCc1cc(C)ccc1-c1cccc(C(O)/C=C/C2CCC(=O)N2CCCc2ccc(C(=O)O)cc2)c1. The number of aryl methyl sites for hydroxylation is 3. The molecule has 0 radical (unpaired) electrons. The summed E-state index contributed by atoms with van der Waals surface area (Å²) in [5.41, 5.74) is 6.98. The third-order valence-corrected chi connectivity index (χ3v) is 7.14. The largest absolute Gasteiger partial charge is 0.478 e. The lowest BCUT2D eigenvalue weighted by Crippen LogP contribution is -2.33. The first-order chi connectivity index (χ1) is 17.9. The van der Waals surface area contributed by atoms with E-state index >= 15 is 0 Å². The van der Waals surface area contributed by atoms with Crippen LogP contribution in [0.15, 0.2) is 78.9 Å². The monoisotopic (exact) mass is 497 g/mol. The van der Waals surface area contributed by atoms with Crippen LogP contribution in [-0.2, 0) is 17.6 Å². The van der Waals surface area contributed by atoms with Crippen LogP contribution in [0.5, 0.6) is 0 Å². The topological polar surface area (TPSA) is 77.8 Å². The zero-order valence-electron chi connectivity index (χ0n) is 21.6. The molecular weight excluding hydrogens is 462 g/mol. The van der Waals surface area contributed by atoms with Crippen LogP contribution >= 0.6 is 0 Å². The maximum Gasteiger partial charge on any atom is 0.335 e. The van der Waals surface area contributed by atoms with Gasteiger partial charge < -0.3 is 15.1 Å². The summed E-state index contributed by atoms with van der Waals surface area (Å²) in [4.78, 5) is 25.4. The first-order valence-electron chi connectivity index (χ1n) is 13.0. The molecule has 0 bridgehead atoms. The molecule has 3 aromatic carbocycles. The first kappa shape index (κ1) is 26.4. The van der Waals surface area contributed by atoms with E-state index in [0.29, 0.717) is 13.0 Å². The maximum atomic E-state index is 12.5. The van der Waals surface area contributed by atoms with Crippen LogP contribution in [0, 0.1) is 6.92 Å². The van der Waals surface area contributed by atoms with Crippen LogP contribution in [0.3, 0.4) is 0 Å². The third-order valence-electron chi connectivity index (χ3n) is 7.14. The number of carboxylic acids is 1. The number of benzene rings is 3. The van der Waals surface area contributed by atoms with Crippen molar-refractivity contribution in [1.29, 1.82) is 0 Å². The quantitative estimate of drug-likeness (QED) is 0.330. The van der Waals surface area contributed by atoms with Gasteiger partial charge in [-0.1, -0.05) is 73.2 Å². The summed E-state index contributed by atoms with van der Waals surface area (Å²) >= 11 is 0. The molecule has 0 aromatic heterocycles. The summed E-state index contributed by atoms with van der Waals surface area (Å²) in [6.45, 7) is 4.89. The predicted molar refractivity (Wildman–Crippen MR) is 147 cm³/mol. The van der Waals surface area contributed by atoms with Gasteiger partial charge in [0.1, 0.15) is 0 Å². The van der Waals surface area contributed by atoms with Gasteiger partial charge in [-0.05, 0) is 78.6 Å². The number of amides is 1. The summed E-state index contributed by atoms with van der Waals surface area (Å²) in [5, 5.41) is 20.0. The zero-order chi connectivity index (χ0) is 26.4. The molecule has 1 aliphatic rings. The highest BCUT2D eigenvalue weighted by molar-refractivity contribution is 5.87. The molecule has 37 heavy (non-hydrogen) atoms. The van der Waals surface area contributed by atoms with Crippen LogP contribution in [0.4, 0.5) is 0 Å². The van der Waals surface area contributed by atoms with Gasteiger partial charge in [-0.3, -0.25) is 4.79 Å². The average molecular weight is 498 g/mol. The molecule has 2 unspecified atom stereocenters. The van der Waals surface area contributed by atoms with E-state index in [2.05, 4.69) is 38.1 Å². The Hall–Kier alpha value is -3.70. The van der Waals surface area contributed by atoms with Gasteiger partial charge in [-0.25, -0.2) is 4.79 Å². The molecule has 2 atom stereocenters. The maximum absolute atomic E-state index is 12.5. The fraction of sp³-hybridized carbons (Fsp3) is 0.312. The van der Waals surface area contributed by atoms with Crippen molar-refractivity contribution in [2.24, 2.45) is 0 Å². The molecule has 1 saturated heterocycles. The van der Waals surface area contributed by atoms with Gasteiger partial charge in [0.25, 0.3) is 0 Å². The van der Waals surface area contributed by atoms with Crippen molar-refractivity contribution < 1.29 is 19.8 Å². The number of nitrogens with zero attached hydrogens (tertiary/aromatic N) is 1. The van der Waals surface area contributed by atoms with Crippen LogP contribution in [0.1, 0.15) is 64.9 Å². The number of likely N-dealkylation sites (tertiary alicyclic amines) is 1. The molecule has 5 nitrogen and oxygen atoms in total. The molecule has 0 aliphatic carbocycles. The van der Waals surface area contributed by atoms with Crippen LogP contribution in [0.25, 0.3) is 11.1 Å². The molecule has 0 spiro atoms. The second kappa shape index (κ2) is 12.0. The summed E-state index contributed by atoms with van der Waals surface area (Å²) in [6.07, 6.45) is 6.80. The fourth-order valence-electron chi connectivity index (χ4n) is 5.05. The highest BCUT2D eigenvalue weighted by Gasteiger charge is 2.28. The summed E-state index contributed by atoms with van der Waals surface area (Å²) < 4.78 is 0. The fourth-order valence-corrected chi connectivity index (χ4v) is 5.05. The number of carbonyl (C=O) groups is 2. The first-order valence-corrected chi connectivity index (χ1v) is 13.0. The van der Waals surface area contributed by atoms with Gasteiger partial charge in [0.15, 0.2) is 0 Å². The number of carbonyl (C=O) groups excluding carboxylic acids is 1. The van der Waals surface area contributed by atoms with Crippen molar-refractivity contribution >= 4 is 11.9 Å². The van der Waals surface area contributed by atoms with E-state index in [9.17, 15) is 14.7 Å². The Bertz CT molecular complexity index is 1280. The highest BCUT2D eigenvalue weighted by Crippen LogP contribution is 2.29. The van der Waals surface area contributed by atoms with Crippen LogP contribution in [-0.4, -0.2) is 39.6 Å². The van der Waals surface area contributed by atoms with E-state index in [-0.39, 0.29) is 17.5 Å². The zero-order valence-corrected chi connectivity index (χ0v) is 21.6. The minimum Gasteiger partial charge on any atom is -0.478 e. The van der Waals surface area contributed by atoms with Gasteiger partial charge >= 0.3 is 5.97 Å². The summed E-state index contributed by atoms with van der Waals surface area (Å²) in [7, 11) is 0. The van der Waals surface area contributed by atoms with Crippen molar-refractivity contribution in [3.8, 4) is 11.1 Å². The minimum atomic E-state index is -0.932.